The molecule has 19 heavy (non-hydrogen) atoms. The molecule has 2 heterocycles. The van der Waals surface area contributed by atoms with E-state index >= 15 is 0 Å². The molecule has 0 saturated carbocycles. The van der Waals surface area contributed by atoms with Crippen LogP contribution < -0.4 is 0 Å². The predicted octanol–water partition coefficient (Wildman–Crippen LogP) is 2.20. The quantitative estimate of drug-likeness (QED) is 0.790. The van der Waals surface area contributed by atoms with Crippen molar-refractivity contribution in [1.29, 1.82) is 0 Å². The summed E-state index contributed by atoms with van der Waals surface area (Å²) in [6.45, 7) is 14.5. The van der Waals surface area contributed by atoms with Crippen molar-refractivity contribution in [3.05, 3.63) is 0 Å². The molecule has 4 atom stereocenters. The van der Waals surface area contributed by atoms with Crippen LogP contribution in [0.3, 0.4) is 0 Å². The third-order valence-electron chi connectivity index (χ3n) is 4.20. The van der Waals surface area contributed by atoms with E-state index < -0.39 is 32.8 Å². The van der Waals surface area contributed by atoms with Gasteiger partial charge in [-0.3, -0.25) is 0 Å². The summed E-state index contributed by atoms with van der Waals surface area (Å²) < 4.78 is 23.1. The molecule has 0 aliphatic carbocycles. The van der Waals surface area contributed by atoms with Gasteiger partial charge in [-0.25, -0.2) is 0 Å². The summed E-state index contributed by atoms with van der Waals surface area (Å²) >= 11 is 0. The fourth-order valence-corrected chi connectivity index (χ4v) is 3.23. The van der Waals surface area contributed by atoms with Crippen molar-refractivity contribution in [2.75, 3.05) is 0 Å². The van der Waals surface area contributed by atoms with Crippen LogP contribution >= 0.6 is 0 Å². The molecule has 0 aromatic carbocycles. The van der Waals surface area contributed by atoms with Crippen LogP contribution in [-0.4, -0.2) is 44.0 Å². The van der Waals surface area contributed by atoms with E-state index in [1.54, 1.807) is 0 Å². The van der Waals surface area contributed by atoms with Gasteiger partial charge in [0, 0.05) is 0 Å². The Morgan fingerprint density at radius 2 is 1.63 bits per heavy atom. The second kappa shape index (κ2) is 4.51. The molecule has 112 valence electrons. The maximum atomic E-state index is 9.91. The molecule has 5 nitrogen and oxygen atoms in total. The molecule has 0 radical (unpaired) electrons. The summed E-state index contributed by atoms with van der Waals surface area (Å²) in [5.41, 5.74) is 0. The number of ether oxygens (including phenoxy) is 3. The predicted molar refractivity (Wildman–Crippen MR) is 73.0 cm³/mol. The van der Waals surface area contributed by atoms with E-state index in [0.717, 1.165) is 0 Å². The second-order valence-corrected chi connectivity index (χ2v) is 12.1. The lowest BCUT2D eigenvalue weighted by molar-refractivity contribution is -0.249. The van der Waals surface area contributed by atoms with Crippen molar-refractivity contribution in [2.45, 2.75) is 83.3 Å². The summed E-state index contributed by atoms with van der Waals surface area (Å²) in [6.07, 6.45) is -2.37. The SMILES string of the molecule is CC1(C)O[C@@H]2[C@@H](O[Si](C)(C)C(C)(C)C)OC(O)[C@@H]2O1. The molecule has 1 unspecified atom stereocenters. The summed E-state index contributed by atoms with van der Waals surface area (Å²) in [5, 5.41) is 9.99. The Balaban J connectivity index is 2.11. The summed E-state index contributed by atoms with van der Waals surface area (Å²) in [6, 6.07) is 0. The maximum absolute atomic E-state index is 9.91. The number of hydrogen-bond donors (Lipinski definition) is 1. The first kappa shape index (κ1) is 15.4. The largest absolute Gasteiger partial charge is 0.390 e. The molecule has 2 aliphatic rings. The third-order valence-corrected chi connectivity index (χ3v) is 8.64. The number of aliphatic hydroxyl groups is 1. The van der Waals surface area contributed by atoms with Crippen molar-refractivity contribution in [3.63, 3.8) is 0 Å². The van der Waals surface area contributed by atoms with Gasteiger partial charge in [0.25, 0.3) is 0 Å². The molecule has 0 bridgehead atoms. The molecule has 0 amide bonds. The monoisotopic (exact) mass is 290 g/mol. The zero-order valence-electron chi connectivity index (χ0n) is 12.9. The van der Waals surface area contributed by atoms with Crippen LogP contribution in [-0.2, 0) is 18.6 Å². The average Bonchev–Trinajstić information content (AvgIpc) is 2.62. The van der Waals surface area contributed by atoms with Gasteiger partial charge < -0.3 is 23.7 Å². The molecule has 0 aromatic rings. The fourth-order valence-electron chi connectivity index (χ4n) is 2.10. The Hall–Kier alpha value is 0.0169. The van der Waals surface area contributed by atoms with Crippen molar-refractivity contribution in [3.8, 4) is 0 Å². The molecule has 2 saturated heterocycles. The second-order valence-electron chi connectivity index (χ2n) is 7.34. The molecule has 2 fully saturated rings. The minimum Gasteiger partial charge on any atom is -0.390 e. The Morgan fingerprint density at radius 1 is 1.11 bits per heavy atom. The Bertz CT molecular complexity index is 349. The number of rotatable bonds is 2. The highest BCUT2D eigenvalue weighted by Gasteiger charge is 2.57. The minimum atomic E-state index is -1.98. The minimum absolute atomic E-state index is 0.0778. The van der Waals surface area contributed by atoms with Crippen LogP contribution in [0, 0.1) is 0 Å². The summed E-state index contributed by atoms with van der Waals surface area (Å²) in [7, 11) is -1.98. The molecule has 0 aromatic heterocycles. The first-order valence-electron chi connectivity index (χ1n) is 6.80. The first-order valence-corrected chi connectivity index (χ1v) is 9.71. The summed E-state index contributed by atoms with van der Waals surface area (Å²) in [4.78, 5) is 0. The zero-order chi connectivity index (χ0) is 14.6. The lowest BCUT2D eigenvalue weighted by Crippen LogP contribution is -2.47. The number of fused-ring (bicyclic) bond motifs is 1. The number of hydrogen-bond acceptors (Lipinski definition) is 5. The van der Waals surface area contributed by atoms with Crippen molar-refractivity contribution >= 4 is 8.32 Å². The standard InChI is InChI=1S/C13H26O5Si/c1-12(2,3)19(6,7)18-11-9-8(10(14)15-11)16-13(4,5)17-9/h8-11,14H,1-7H3/t8-,9+,10?,11-/m1/s1. The van der Waals surface area contributed by atoms with Gasteiger partial charge in [0.1, 0.15) is 12.2 Å². The van der Waals surface area contributed by atoms with Gasteiger partial charge in [-0.15, -0.1) is 0 Å². The van der Waals surface area contributed by atoms with Crippen molar-refractivity contribution in [2.24, 2.45) is 0 Å². The van der Waals surface area contributed by atoms with Crippen LogP contribution in [0.1, 0.15) is 34.6 Å². The molecule has 6 heteroatoms. The Morgan fingerprint density at radius 3 is 2.16 bits per heavy atom. The van der Waals surface area contributed by atoms with Crippen LogP contribution in [0.5, 0.6) is 0 Å². The Kier molecular flexibility index (Phi) is 3.66. The van der Waals surface area contributed by atoms with Gasteiger partial charge in [0.05, 0.1) is 0 Å². The Labute approximate surface area is 116 Å². The topological polar surface area (TPSA) is 57.2 Å². The maximum Gasteiger partial charge on any atom is 0.195 e. The molecule has 2 rings (SSSR count). The fraction of sp³-hybridized carbons (Fsp3) is 1.00. The van der Waals surface area contributed by atoms with Gasteiger partial charge >= 0.3 is 0 Å². The van der Waals surface area contributed by atoms with Gasteiger partial charge in [0.15, 0.2) is 26.7 Å². The van der Waals surface area contributed by atoms with Crippen molar-refractivity contribution in [1.82, 2.24) is 0 Å². The highest BCUT2D eigenvalue weighted by molar-refractivity contribution is 6.74. The van der Waals surface area contributed by atoms with E-state index in [0.29, 0.717) is 0 Å². The molecular formula is C13H26O5Si. The summed E-state index contributed by atoms with van der Waals surface area (Å²) in [5.74, 6) is -0.699. The van der Waals surface area contributed by atoms with Crippen LogP contribution in [0.4, 0.5) is 0 Å². The van der Waals surface area contributed by atoms with Gasteiger partial charge in [-0.2, -0.15) is 0 Å². The van der Waals surface area contributed by atoms with E-state index in [1.807, 2.05) is 13.8 Å². The van der Waals surface area contributed by atoms with E-state index in [1.165, 1.54) is 0 Å². The molecule has 2 aliphatic heterocycles. The zero-order valence-corrected chi connectivity index (χ0v) is 13.9. The third kappa shape index (κ3) is 2.89. The smallest absolute Gasteiger partial charge is 0.195 e. The van der Waals surface area contributed by atoms with E-state index in [-0.39, 0.29) is 11.1 Å². The van der Waals surface area contributed by atoms with Gasteiger partial charge in [0.2, 0.25) is 0 Å². The highest BCUT2D eigenvalue weighted by Crippen LogP contribution is 2.43. The van der Waals surface area contributed by atoms with E-state index in [9.17, 15) is 5.11 Å². The van der Waals surface area contributed by atoms with Crippen LogP contribution in [0.25, 0.3) is 0 Å². The van der Waals surface area contributed by atoms with Gasteiger partial charge in [-0.1, -0.05) is 20.8 Å². The first-order chi connectivity index (χ1) is 8.43. The molecular weight excluding hydrogens is 264 g/mol. The highest BCUT2D eigenvalue weighted by atomic mass is 28.4. The van der Waals surface area contributed by atoms with E-state index in [4.69, 9.17) is 18.6 Å². The van der Waals surface area contributed by atoms with Crippen LogP contribution in [0.2, 0.25) is 18.1 Å². The lowest BCUT2D eigenvalue weighted by Gasteiger charge is -2.39. The van der Waals surface area contributed by atoms with Gasteiger partial charge in [-0.05, 0) is 32.0 Å². The van der Waals surface area contributed by atoms with E-state index in [2.05, 4.69) is 33.9 Å². The van der Waals surface area contributed by atoms with Crippen molar-refractivity contribution < 1.29 is 23.7 Å². The number of aliphatic hydroxyl groups excluding tert-OH is 1. The van der Waals surface area contributed by atoms with Crippen LogP contribution in [0.15, 0.2) is 0 Å². The molecule has 1 N–H and O–H groups in total. The lowest BCUT2D eigenvalue weighted by atomic mass is 10.2. The average molecular weight is 290 g/mol. The molecule has 0 spiro atoms. The normalized spacial score (nSPS) is 38.5.